The zero-order chi connectivity index (χ0) is 12.0. The lowest BCUT2D eigenvalue weighted by Crippen LogP contribution is -1.85. The maximum Gasteiger partial charge on any atom is 0.186 e. The second-order valence-electron chi connectivity index (χ2n) is 3.05. The van der Waals surface area contributed by atoms with Gasteiger partial charge in [-0.2, -0.15) is 5.26 Å². The summed E-state index contributed by atoms with van der Waals surface area (Å²) in [7, 11) is 0. The highest BCUT2D eigenvalue weighted by Crippen LogP contribution is 2.12. The van der Waals surface area contributed by atoms with Crippen LogP contribution < -0.4 is 0 Å². The molecule has 0 aliphatic carbocycles. The van der Waals surface area contributed by atoms with Gasteiger partial charge in [-0.25, -0.2) is 4.39 Å². The fourth-order valence-corrected chi connectivity index (χ4v) is 1.51. The van der Waals surface area contributed by atoms with Gasteiger partial charge in [0.1, 0.15) is 5.82 Å². The Labute approximate surface area is 97.8 Å². The molecule has 16 heavy (non-hydrogen) atoms. The predicted molar refractivity (Wildman–Crippen MR) is 63.3 cm³/mol. The van der Waals surface area contributed by atoms with E-state index in [4.69, 9.17) is 5.26 Å². The van der Waals surface area contributed by atoms with Crippen molar-refractivity contribution in [2.45, 2.75) is 6.92 Å². The number of nitrogens with zero attached hydrogens (tertiary/aromatic N) is 1. The summed E-state index contributed by atoms with van der Waals surface area (Å²) in [5, 5.41) is 8.68. The Morgan fingerprint density at radius 3 is 3.00 bits per heavy atom. The van der Waals surface area contributed by atoms with Gasteiger partial charge in [0.05, 0.1) is 11.6 Å². The van der Waals surface area contributed by atoms with E-state index in [9.17, 15) is 9.18 Å². The van der Waals surface area contributed by atoms with Crippen molar-refractivity contribution in [3.63, 3.8) is 0 Å². The molecule has 0 aliphatic heterocycles. The van der Waals surface area contributed by atoms with Crippen LogP contribution in [0.1, 0.15) is 18.1 Å². The molecular formula is C12H10FNOS. The molecule has 0 heterocycles. The molecule has 0 N–H and O–H groups in total. The second kappa shape index (κ2) is 6.09. The van der Waals surface area contributed by atoms with E-state index in [1.54, 1.807) is 12.2 Å². The van der Waals surface area contributed by atoms with E-state index in [0.29, 0.717) is 16.9 Å². The summed E-state index contributed by atoms with van der Waals surface area (Å²) < 4.78 is 13.3. The maximum absolute atomic E-state index is 13.3. The first kappa shape index (κ1) is 12.5. The first-order valence-corrected chi connectivity index (χ1v) is 5.61. The van der Waals surface area contributed by atoms with Gasteiger partial charge < -0.3 is 0 Å². The van der Waals surface area contributed by atoms with Gasteiger partial charge >= 0.3 is 0 Å². The van der Waals surface area contributed by atoms with Crippen LogP contribution in [0.25, 0.3) is 6.08 Å². The van der Waals surface area contributed by atoms with Gasteiger partial charge in [-0.15, -0.1) is 0 Å². The minimum Gasteiger partial charge on any atom is -0.288 e. The summed E-state index contributed by atoms with van der Waals surface area (Å²) in [6, 6.07) is 6.11. The number of benzene rings is 1. The Hall–Kier alpha value is -1.60. The van der Waals surface area contributed by atoms with Crippen LogP contribution in [0.5, 0.6) is 0 Å². The van der Waals surface area contributed by atoms with Gasteiger partial charge in [0, 0.05) is 18.2 Å². The molecule has 1 aromatic rings. The second-order valence-corrected chi connectivity index (χ2v) is 4.25. The quantitative estimate of drug-likeness (QED) is 0.808. The predicted octanol–water partition coefficient (Wildman–Crippen LogP) is 2.99. The van der Waals surface area contributed by atoms with E-state index in [1.807, 2.05) is 6.07 Å². The van der Waals surface area contributed by atoms with Crippen molar-refractivity contribution in [3.05, 3.63) is 41.2 Å². The van der Waals surface area contributed by atoms with Gasteiger partial charge in [0.25, 0.3) is 0 Å². The molecular weight excluding hydrogens is 225 g/mol. The first-order valence-electron chi connectivity index (χ1n) is 4.63. The van der Waals surface area contributed by atoms with Crippen molar-refractivity contribution in [2.24, 2.45) is 0 Å². The lowest BCUT2D eigenvalue weighted by molar-refractivity contribution is -0.109. The van der Waals surface area contributed by atoms with Gasteiger partial charge in [0.15, 0.2) is 5.12 Å². The van der Waals surface area contributed by atoms with Crippen LogP contribution in [-0.2, 0) is 4.79 Å². The van der Waals surface area contributed by atoms with Gasteiger partial charge in [-0.3, -0.25) is 4.79 Å². The van der Waals surface area contributed by atoms with E-state index in [-0.39, 0.29) is 10.9 Å². The summed E-state index contributed by atoms with van der Waals surface area (Å²) in [5.74, 6) is 0.133. The Kier molecular flexibility index (Phi) is 4.74. The number of hydrogen-bond donors (Lipinski definition) is 0. The van der Waals surface area contributed by atoms with E-state index < -0.39 is 0 Å². The molecule has 0 saturated carbocycles. The Morgan fingerprint density at radius 1 is 1.62 bits per heavy atom. The number of thioether (sulfide) groups is 1. The lowest BCUT2D eigenvalue weighted by atomic mass is 10.1. The van der Waals surface area contributed by atoms with Gasteiger partial charge in [-0.1, -0.05) is 23.9 Å². The van der Waals surface area contributed by atoms with Crippen LogP contribution in [-0.4, -0.2) is 10.9 Å². The molecule has 0 fully saturated rings. The standard InChI is InChI=1S/C12H10FNOS/c1-9(15)16-6-2-3-11-7-10(8-14)4-5-12(11)13/h2-5,7H,6H2,1H3. The number of nitriles is 1. The third kappa shape index (κ3) is 3.87. The zero-order valence-electron chi connectivity index (χ0n) is 8.74. The maximum atomic E-state index is 13.3. The van der Waals surface area contributed by atoms with E-state index in [2.05, 4.69) is 0 Å². The Bertz CT molecular complexity index is 463. The monoisotopic (exact) mass is 235 g/mol. The largest absolute Gasteiger partial charge is 0.288 e. The van der Waals surface area contributed by atoms with Crippen LogP contribution in [0, 0.1) is 17.1 Å². The average Bonchev–Trinajstić information content (AvgIpc) is 2.26. The molecule has 1 rings (SSSR count). The smallest absolute Gasteiger partial charge is 0.186 e. The molecule has 0 atom stereocenters. The molecule has 82 valence electrons. The van der Waals surface area contributed by atoms with Crippen molar-refractivity contribution < 1.29 is 9.18 Å². The number of carbonyl (C=O) groups is 1. The highest BCUT2D eigenvalue weighted by molar-refractivity contribution is 8.13. The summed E-state index contributed by atoms with van der Waals surface area (Å²) in [6.45, 7) is 1.48. The fourth-order valence-electron chi connectivity index (χ4n) is 1.08. The molecule has 0 amide bonds. The van der Waals surface area contributed by atoms with Crippen LogP contribution >= 0.6 is 11.8 Å². The minimum atomic E-state index is -0.372. The molecule has 2 nitrogen and oxygen atoms in total. The number of carbonyl (C=O) groups excluding carboxylic acids is 1. The van der Waals surface area contributed by atoms with Crippen molar-refractivity contribution in [2.75, 3.05) is 5.75 Å². The van der Waals surface area contributed by atoms with E-state index in [0.717, 1.165) is 11.8 Å². The van der Waals surface area contributed by atoms with Crippen LogP contribution in [0.2, 0.25) is 0 Å². The molecule has 0 aromatic heterocycles. The SMILES string of the molecule is CC(=O)SCC=Cc1cc(C#N)ccc1F. The highest BCUT2D eigenvalue weighted by Gasteiger charge is 1.99. The molecule has 4 heteroatoms. The summed E-state index contributed by atoms with van der Waals surface area (Å²) in [4.78, 5) is 10.6. The molecule has 0 aliphatic rings. The normalized spacial score (nSPS) is 10.3. The van der Waals surface area contributed by atoms with Crippen molar-refractivity contribution in [3.8, 4) is 6.07 Å². The third-order valence-electron chi connectivity index (χ3n) is 1.81. The molecule has 0 bridgehead atoms. The van der Waals surface area contributed by atoms with Gasteiger partial charge in [-0.05, 0) is 18.2 Å². The van der Waals surface area contributed by atoms with Crippen molar-refractivity contribution >= 4 is 23.0 Å². The first-order chi connectivity index (χ1) is 7.63. The fraction of sp³-hybridized carbons (Fsp3) is 0.167. The Morgan fingerprint density at radius 2 is 2.38 bits per heavy atom. The van der Waals surface area contributed by atoms with Crippen LogP contribution in [0.15, 0.2) is 24.3 Å². The van der Waals surface area contributed by atoms with E-state index >= 15 is 0 Å². The molecule has 1 aromatic carbocycles. The lowest BCUT2D eigenvalue weighted by Gasteiger charge is -1.97. The van der Waals surface area contributed by atoms with Crippen molar-refractivity contribution in [1.82, 2.24) is 0 Å². The topological polar surface area (TPSA) is 40.9 Å². The van der Waals surface area contributed by atoms with Crippen molar-refractivity contribution in [1.29, 1.82) is 5.26 Å². The third-order valence-corrected chi connectivity index (χ3v) is 2.57. The molecule has 0 saturated heterocycles. The number of rotatable bonds is 3. The summed E-state index contributed by atoms with van der Waals surface area (Å²) in [5.41, 5.74) is 0.781. The minimum absolute atomic E-state index is 0.0240. The Balaban J connectivity index is 2.73. The zero-order valence-corrected chi connectivity index (χ0v) is 9.55. The summed E-state index contributed by atoms with van der Waals surface area (Å²) >= 11 is 1.15. The molecule has 0 unspecified atom stereocenters. The van der Waals surface area contributed by atoms with E-state index in [1.165, 1.54) is 25.1 Å². The number of hydrogen-bond acceptors (Lipinski definition) is 3. The van der Waals surface area contributed by atoms with Crippen LogP contribution in [0.3, 0.4) is 0 Å². The average molecular weight is 235 g/mol. The molecule has 0 radical (unpaired) electrons. The van der Waals surface area contributed by atoms with Crippen LogP contribution in [0.4, 0.5) is 4.39 Å². The summed E-state index contributed by atoms with van der Waals surface area (Å²) in [6.07, 6.45) is 3.28. The van der Waals surface area contributed by atoms with Gasteiger partial charge in [0.2, 0.25) is 0 Å². The highest BCUT2D eigenvalue weighted by atomic mass is 32.2. The molecule has 0 spiro atoms. The number of halogens is 1.